The smallest absolute Gasteiger partial charge is 0.339 e. The molecule has 0 spiro atoms. The van der Waals surface area contributed by atoms with Gasteiger partial charge in [0.1, 0.15) is 0 Å². The van der Waals surface area contributed by atoms with Gasteiger partial charge in [-0.05, 0) is 61.8 Å². The number of rotatable bonds is 6. The number of ether oxygens (including phenoxy) is 1. The Labute approximate surface area is 176 Å². The molecule has 28 heavy (non-hydrogen) atoms. The number of halogens is 1. The summed E-state index contributed by atoms with van der Waals surface area (Å²) in [5, 5.41) is 7.15. The quantitative estimate of drug-likeness (QED) is 0.416. The molecule has 7 heteroatoms. The molecule has 0 saturated carbocycles. The number of carbonyl (C=O) groups excluding carboxylic acids is 1. The summed E-state index contributed by atoms with van der Waals surface area (Å²) in [5.41, 5.74) is 3.75. The minimum atomic E-state index is -0.479. The Bertz CT molecular complexity index is 874. The predicted octanol–water partition coefficient (Wildman–Crippen LogP) is 4.25. The normalized spacial score (nSPS) is 15.1. The molecule has 0 fully saturated rings. The maximum absolute atomic E-state index is 11.7. The SMILES string of the molecule is COC(=O)c1cc(NC(=S)NCCCN2c3ccccc3CC2C)ccc1Cl. The van der Waals surface area contributed by atoms with E-state index in [1.165, 1.54) is 18.4 Å². The van der Waals surface area contributed by atoms with Crippen molar-refractivity contribution in [3.05, 3.63) is 58.6 Å². The van der Waals surface area contributed by atoms with Crippen molar-refractivity contribution in [3.8, 4) is 0 Å². The molecule has 148 valence electrons. The van der Waals surface area contributed by atoms with Crippen molar-refractivity contribution in [2.75, 3.05) is 30.4 Å². The van der Waals surface area contributed by atoms with Gasteiger partial charge < -0.3 is 20.3 Å². The molecular formula is C21H24ClN3O2S. The number of para-hydroxylation sites is 1. The van der Waals surface area contributed by atoms with Crippen molar-refractivity contribution >= 4 is 46.3 Å². The van der Waals surface area contributed by atoms with E-state index in [9.17, 15) is 4.79 Å². The van der Waals surface area contributed by atoms with Crippen LogP contribution in [0.3, 0.4) is 0 Å². The molecule has 1 unspecified atom stereocenters. The molecule has 0 amide bonds. The summed E-state index contributed by atoms with van der Waals surface area (Å²) in [6.07, 6.45) is 2.07. The molecule has 2 aromatic carbocycles. The van der Waals surface area contributed by atoms with E-state index in [1.807, 2.05) is 0 Å². The lowest BCUT2D eigenvalue weighted by atomic mass is 10.1. The van der Waals surface area contributed by atoms with Crippen molar-refractivity contribution in [3.63, 3.8) is 0 Å². The summed E-state index contributed by atoms with van der Waals surface area (Å²) in [6.45, 7) is 3.99. The van der Waals surface area contributed by atoms with Gasteiger partial charge in [0.25, 0.3) is 0 Å². The van der Waals surface area contributed by atoms with Crippen LogP contribution in [0.4, 0.5) is 11.4 Å². The first kappa shape index (κ1) is 20.4. The van der Waals surface area contributed by atoms with Gasteiger partial charge >= 0.3 is 5.97 Å². The summed E-state index contributed by atoms with van der Waals surface area (Å²) in [5.74, 6) is -0.479. The third kappa shape index (κ3) is 4.75. The third-order valence-corrected chi connectivity index (χ3v) is 5.42. The van der Waals surface area contributed by atoms with E-state index >= 15 is 0 Å². The zero-order chi connectivity index (χ0) is 20.1. The van der Waals surface area contributed by atoms with Gasteiger partial charge in [-0.15, -0.1) is 0 Å². The van der Waals surface area contributed by atoms with Crippen molar-refractivity contribution in [2.24, 2.45) is 0 Å². The number of benzene rings is 2. The van der Waals surface area contributed by atoms with E-state index in [-0.39, 0.29) is 0 Å². The van der Waals surface area contributed by atoms with Crippen LogP contribution in [0.15, 0.2) is 42.5 Å². The topological polar surface area (TPSA) is 53.6 Å². The van der Waals surface area contributed by atoms with Gasteiger partial charge in [0.2, 0.25) is 0 Å². The Hall–Kier alpha value is -2.31. The number of carbonyl (C=O) groups is 1. The zero-order valence-corrected chi connectivity index (χ0v) is 17.6. The second-order valence-corrected chi connectivity index (χ2v) is 7.61. The summed E-state index contributed by atoms with van der Waals surface area (Å²) in [4.78, 5) is 14.2. The molecular weight excluding hydrogens is 394 g/mol. The number of nitrogens with one attached hydrogen (secondary N) is 2. The highest BCUT2D eigenvalue weighted by Crippen LogP contribution is 2.31. The lowest BCUT2D eigenvalue weighted by molar-refractivity contribution is 0.0601. The van der Waals surface area contributed by atoms with E-state index in [0.29, 0.717) is 27.4 Å². The predicted molar refractivity (Wildman–Crippen MR) is 119 cm³/mol. The van der Waals surface area contributed by atoms with Gasteiger partial charge in [-0.2, -0.15) is 0 Å². The van der Waals surface area contributed by atoms with E-state index < -0.39 is 5.97 Å². The molecule has 2 N–H and O–H groups in total. The van der Waals surface area contributed by atoms with Crippen LogP contribution in [0.1, 0.15) is 29.3 Å². The van der Waals surface area contributed by atoms with Gasteiger partial charge in [0.15, 0.2) is 5.11 Å². The van der Waals surface area contributed by atoms with Crippen LogP contribution in [0.5, 0.6) is 0 Å². The maximum atomic E-state index is 11.7. The van der Waals surface area contributed by atoms with Crippen LogP contribution >= 0.6 is 23.8 Å². The van der Waals surface area contributed by atoms with E-state index in [1.54, 1.807) is 18.2 Å². The Balaban J connectivity index is 1.47. The fourth-order valence-electron chi connectivity index (χ4n) is 3.47. The number of nitrogens with zero attached hydrogens (tertiary/aromatic N) is 1. The lowest BCUT2D eigenvalue weighted by Crippen LogP contribution is -2.34. The van der Waals surface area contributed by atoms with Crippen LogP contribution in [0, 0.1) is 0 Å². The van der Waals surface area contributed by atoms with Crippen molar-refractivity contribution in [1.82, 2.24) is 5.32 Å². The van der Waals surface area contributed by atoms with Crippen LogP contribution < -0.4 is 15.5 Å². The van der Waals surface area contributed by atoms with Crippen molar-refractivity contribution < 1.29 is 9.53 Å². The summed E-state index contributed by atoms with van der Waals surface area (Å²) < 4.78 is 4.73. The Morgan fingerprint density at radius 3 is 2.89 bits per heavy atom. The number of fused-ring (bicyclic) bond motifs is 1. The van der Waals surface area contributed by atoms with Crippen LogP contribution in [-0.4, -0.2) is 37.3 Å². The number of thiocarbonyl (C=S) groups is 1. The van der Waals surface area contributed by atoms with Gasteiger partial charge in [0.05, 0.1) is 17.7 Å². The highest BCUT2D eigenvalue weighted by Gasteiger charge is 2.24. The number of hydrogen-bond donors (Lipinski definition) is 2. The van der Waals surface area contributed by atoms with Crippen LogP contribution in [-0.2, 0) is 11.2 Å². The molecule has 0 aliphatic carbocycles. The third-order valence-electron chi connectivity index (χ3n) is 4.84. The van der Waals surface area contributed by atoms with E-state index in [0.717, 1.165) is 25.9 Å². The molecule has 1 aliphatic rings. The van der Waals surface area contributed by atoms with Gasteiger partial charge in [-0.25, -0.2) is 4.79 Å². The van der Waals surface area contributed by atoms with Crippen molar-refractivity contribution in [1.29, 1.82) is 0 Å². The average molecular weight is 418 g/mol. The largest absolute Gasteiger partial charge is 0.465 e. The summed E-state index contributed by atoms with van der Waals surface area (Å²) in [6, 6.07) is 14.2. The monoisotopic (exact) mass is 417 g/mol. The lowest BCUT2D eigenvalue weighted by Gasteiger charge is -2.25. The molecule has 0 bridgehead atoms. The molecule has 0 saturated heterocycles. The second kappa shape index (κ2) is 9.26. The molecule has 1 atom stereocenters. The zero-order valence-electron chi connectivity index (χ0n) is 16.0. The second-order valence-electron chi connectivity index (χ2n) is 6.80. The Kier molecular flexibility index (Phi) is 6.75. The van der Waals surface area contributed by atoms with Crippen LogP contribution in [0.25, 0.3) is 0 Å². The number of methoxy groups -OCH3 is 1. The minimum Gasteiger partial charge on any atom is -0.465 e. The minimum absolute atomic E-state index is 0.304. The summed E-state index contributed by atoms with van der Waals surface area (Å²) in [7, 11) is 1.32. The molecule has 2 aromatic rings. The fraction of sp³-hybridized carbons (Fsp3) is 0.333. The average Bonchev–Trinajstić information content (AvgIpc) is 3.01. The molecule has 1 aliphatic heterocycles. The van der Waals surface area contributed by atoms with Gasteiger partial charge in [0, 0.05) is 30.5 Å². The number of hydrogen-bond acceptors (Lipinski definition) is 4. The number of esters is 1. The summed E-state index contributed by atoms with van der Waals surface area (Å²) >= 11 is 11.4. The molecule has 5 nitrogen and oxygen atoms in total. The van der Waals surface area contributed by atoms with E-state index in [2.05, 4.69) is 46.7 Å². The van der Waals surface area contributed by atoms with E-state index in [4.69, 9.17) is 28.6 Å². The molecule has 0 aromatic heterocycles. The fourth-order valence-corrected chi connectivity index (χ4v) is 3.88. The van der Waals surface area contributed by atoms with Gasteiger partial charge in [-0.1, -0.05) is 29.8 Å². The van der Waals surface area contributed by atoms with Crippen LogP contribution in [0.2, 0.25) is 5.02 Å². The first-order valence-electron chi connectivity index (χ1n) is 9.27. The standard InChI is InChI=1S/C21H24ClN3O2S/c1-14-12-15-6-3-4-7-19(15)25(14)11-5-10-23-21(28)24-16-8-9-18(22)17(13-16)20(26)27-2/h3-4,6-9,13-14H,5,10-12H2,1-2H3,(H2,23,24,28). The maximum Gasteiger partial charge on any atom is 0.339 e. The first-order chi connectivity index (χ1) is 13.5. The molecule has 0 radical (unpaired) electrons. The molecule has 1 heterocycles. The highest BCUT2D eigenvalue weighted by molar-refractivity contribution is 7.80. The van der Waals surface area contributed by atoms with Crippen molar-refractivity contribution in [2.45, 2.75) is 25.8 Å². The Morgan fingerprint density at radius 1 is 1.32 bits per heavy atom. The highest BCUT2D eigenvalue weighted by atomic mass is 35.5. The first-order valence-corrected chi connectivity index (χ1v) is 10.1. The number of anilines is 2. The molecule has 3 rings (SSSR count). The Morgan fingerprint density at radius 2 is 2.11 bits per heavy atom. The van der Waals surface area contributed by atoms with Gasteiger partial charge in [-0.3, -0.25) is 0 Å².